The fourth-order valence-corrected chi connectivity index (χ4v) is 1.69. The molecule has 100 valence electrons. The predicted octanol–water partition coefficient (Wildman–Crippen LogP) is 1.50. The number of halogens is 3. The van der Waals surface area contributed by atoms with E-state index in [9.17, 15) is 22.8 Å². The molecule has 0 aliphatic carbocycles. The summed E-state index contributed by atoms with van der Waals surface area (Å²) in [5.74, 6) is -2.42. The van der Waals surface area contributed by atoms with Crippen LogP contribution in [0.5, 0.6) is 0 Å². The van der Waals surface area contributed by atoms with Gasteiger partial charge in [-0.05, 0) is 6.07 Å². The van der Waals surface area contributed by atoms with E-state index in [1.54, 1.807) is 0 Å². The molecular formula is C11H7F3N2O3. The van der Waals surface area contributed by atoms with Crippen LogP contribution in [-0.2, 0) is 6.54 Å². The van der Waals surface area contributed by atoms with Crippen molar-refractivity contribution in [3.8, 4) is 0 Å². The van der Waals surface area contributed by atoms with Gasteiger partial charge in [-0.25, -0.2) is 22.9 Å². The Balaban J connectivity index is 2.83. The zero-order valence-corrected chi connectivity index (χ0v) is 9.31. The van der Waals surface area contributed by atoms with E-state index in [-0.39, 0.29) is 11.0 Å². The third-order valence-electron chi connectivity index (χ3n) is 2.44. The summed E-state index contributed by atoms with van der Waals surface area (Å²) in [5, 5.41) is 8.49. The molecule has 2 rings (SSSR count). The van der Waals surface area contributed by atoms with Gasteiger partial charge in [-0.3, -0.25) is 4.79 Å². The maximum absolute atomic E-state index is 13.0. The van der Waals surface area contributed by atoms with Crippen molar-refractivity contribution >= 4 is 17.0 Å². The summed E-state index contributed by atoms with van der Waals surface area (Å²) in [4.78, 5) is 26.2. The lowest BCUT2D eigenvalue weighted by Crippen LogP contribution is -2.21. The molecule has 2 aromatic heterocycles. The minimum absolute atomic E-state index is 0.184. The highest BCUT2D eigenvalue weighted by atomic mass is 19.3. The van der Waals surface area contributed by atoms with E-state index in [1.165, 1.54) is 0 Å². The number of hydrogen-bond donors (Lipinski definition) is 1. The Morgan fingerprint density at radius 2 is 2.16 bits per heavy atom. The van der Waals surface area contributed by atoms with E-state index in [0.717, 1.165) is 23.0 Å². The van der Waals surface area contributed by atoms with Crippen LogP contribution in [0.2, 0.25) is 0 Å². The van der Waals surface area contributed by atoms with Crippen molar-refractivity contribution in [2.45, 2.75) is 13.0 Å². The molecule has 0 saturated heterocycles. The Kier molecular flexibility index (Phi) is 3.24. The molecule has 0 aliphatic rings. The summed E-state index contributed by atoms with van der Waals surface area (Å²) >= 11 is 0. The average molecular weight is 272 g/mol. The highest BCUT2D eigenvalue weighted by molar-refractivity contribution is 5.91. The lowest BCUT2D eigenvalue weighted by atomic mass is 10.2. The molecule has 0 unspecified atom stereocenters. The fraction of sp³-hybridized carbons (Fsp3) is 0.182. The number of aromatic carboxylic acids is 1. The first-order valence-corrected chi connectivity index (χ1v) is 5.10. The molecular weight excluding hydrogens is 265 g/mol. The predicted molar refractivity (Wildman–Crippen MR) is 58.9 cm³/mol. The zero-order valence-electron chi connectivity index (χ0n) is 9.31. The third kappa shape index (κ3) is 2.42. The minimum atomic E-state index is -2.76. The van der Waals surface area contributed by atoms with Crippen LogP contribution in [0, 0.1) is 5.82 Å². The van der Waals surface area contributed by atoms with Crippen LogP contribution in [0.3, 0.4) is 0 Å². The normalized spacial score (nSPS) is 11.2. The SMILES string of the molecule is O=C(O)c1cn(CC(F)F)c2ncc(F)cc2c1=O. The van der Waals surface area contributed by atoms with Gasteiger partial charge >= 0.3 is 5.97 Å². The summed E-state index contributed by atoms with van der Waals surface area (Å²) in [7, 11) is 0. The topological polar surface area (TPSA) is 72.2 Å². The second kappa shape index (κ2) is 4.71. The molecule has 5 nitrogen and oxygen atoms in total. The van der Waals surface area contributed by atoms with Gasteiger partial charge in [0.25, 0.3) is 6.43 Å². The molecule has 8 heteroatoms. The van der Waals surface area contributed by atoms with E-state index in [1.807, 2.05) is 0 Å². The van der Waals surface area contributed by atoms with Crippen LogP contribution in [0.25, 0.3) is 11.0 Å². The fourth-order valence-electron chi connectivity index (χ4n) is 1.69. The number of nitrogens with zero attached hydrogens (tertiary/aromatic N) is 2. The van der Waals surface area contributed by atoms with Gasteiger partial charge in [0.1, 0.15) is 17.0 Å². The smallest absolute Gasteiger partial charge is 0.341 e. The Labute approximate surface area is 103 Å². The van der Waals surface area contributed by atoms with E-state index < -0.39 is 35.7 Å². The van der Waals surface area contributed by atoms with Crippen LogP contribution in [0.4, 0.5) is 13.2 Å². The summed E-state index contributed by atoms with van der Waals surface area (Å²) in [5.41, 5.74) is -1.85. The molecule has 0 amide bonds. The van der Waals surface area contributed by atoms with Crippen molar-refractivity contribution in [2.24, 2.45) is 0 Å². The molecule has 0 atom stereocenters. The standard InChI is InChI=1S/C11H7F3N2O3/c12-5-1-6-9(17)7(11(18)19)3-16(4-8(13)14)10(6)15-2-5/h1-3,8H,4H2,(H,18,19). The molecule has 2 aromatic rings. The van der Waals surface area contributed by atoms with Crippen molar-refractivity contribution in [1.82, 2.24) is 9.55 Å². The van der Waals surface area contributed by atoms with Gasteiger partial charge in [-0.1, -0.05) is 0 Å². The first-order valence-electron chi connectivity index (χ1n) is 5.10. The van der Waals surface area contributed by atoms with Crippen molar-refractivity contribution < 1.29 is 23.1 Å². The number of rotatable bonds is 3. The van der Waals surface area contributed by atoms with Crippen LogP contribution >= 0.6 is 0 Å². The Bertz CT molecular complexity index is 712. The van der Waals surface area contributed by atoms with Gasteiger partial charge in [-0.2, -0.15) is 0 Å². The molecule has 0 radical (unpaired) electrons. The molecule has 1 N–H and O–H groups in total. The molecule has 0 spiro atoms. The number of carboxylic acid groups (broad SMARTS) is 1. The van der Waals surface area contributed by atoms with E-state index in [2.05, 4.69) is 4.98 Å². The largest absolute Gasteiger partial charge is 0.477 e. The summed E-state index contributed by atoms with van der Waals surface area (Å²) in [6.07, 6.45) is -1.21. The lowest BCUT2D eigenvalue weighted by Gasteiger charge is -2.10. The number of alkyl halides is 2. The monoisotopic (exact) mass is 272 g/mol. The number of hydrogen-bond acceptors (Lipinski definition) is 3. The quantitative estimate of drug-likeness (QED) is 0.919. The zero-order chi connectivity index (χ0) is 14.2. The van der Waals surface area contributed by atoms with E-state index in [4.69, 9.17) is 5.11 Å². The van der Waals surface area contributed by atoms with E-state index in [0.29, 0.717) is 0 Å². The van der Waals surface area contributed by atoms with Crippen LogP contribution in [-0.4, -0.2) is 27.1 Å². The van der Waals surface area contributed by atoms with Gasteiger partial charge in [0.2, 0.25) is 5.43 Å². The molecule has 19 heavy (non-hydrogen) atoms. The Hall–Kier alpha value is -2.38. The van der Waals surface area contributed by atoms with Crippen LogP contribution < -0.4 is 5.43 Å². The van der Waals surface area contributed by atoms with Crippen molar-refractivity contribution in [1.29, 1.82) is 0 Å². The first-order chi connectivity index (χ1) is 8.90. The van der Waals surface area contributed by atoms with Gasteiger partial charge < -0.3 is 9.67 Å². The van der Waals surface area contributed by atoms with E-state index >= 15 is 0 Å². The molecule has 0 saturated carbocycles. The highest BCUT2D eigenvalue weighted by Gasteiger charge is 2.17. The molecule has 0 bridgehead atoms. The van der Waals surface area contributed by atoms with Gasteiger partial charge in [0.15, 0.2) is 0 Å². The first kappa shape index (κ1) is 13.1. The van der Waals surface area contributed by atoms with Gasteiger partial charge in [-0.15, -0.1) is 0 Å². The van der Waals surface area contributed by atoms with Crippen LogP contribution in [0.15, 0.2) is 23.3 Å². The maximum Gasteiger partial charge on any atom is 0.341 e. The molecule has 0 fully saturated rings. The van der Waals surface area contributed by atoms with Gasteiger partial charge in [0.05, 0.1) is 18.1 Å². The molecule has 0 aliphatic heterocycles. The minimum Gasteiger partial charge on any atom is -0.477 e. The number of pyridine rings is 2. The van der Waals surface area contributed by atoms with Crippen LogP contribution in [0.1, 0.15) is 10.4 Å². The summed E-state index contributed by atoms with van der Waals surface area (Å²) < 4.78 is 38.7. The summed E-state index contributed by atoms with van der Waals surface area (Å²) in [6, 6.07) is 0.777. The second-order valence-corrected chi connectivity index (χ2v) is 3.75. The number of fused-ring (bicyclic) bond motifs is 1. The van der Waals surface area contributed by atoms with Crippen molar-refractivity contribution in [2.75, 3.05) is 0 Å². The molecule has 2 heterocycles. The molecule has 0 aromatic carbocycles. The maximum atomic E-state index is 13.0. The van der Waals surface area contributed by atoms with Crippen molar-refractivity contribution in [3.05, 3.63) is 40.1 Å². The average Bonchev–Trinajstić information content (AvgIpc) is 2.31. The van der Waals surface area contributed by atoms with Crippen molar-refractivity contribution in [3.63, 3.8) is 0 Å². The number of aromatic nitrogens is 2. The second-order valence-electron chi connectivity index (χ2n) is 3.75. The summed E-state index contributed by atoms with van der Waals surface area (Å²) in [6.45, 7) is -0.838. The number of carbonyl (C=O) groups is 1. The third-order valence-corrected chi connectivity index (χ3v) is 2.44. The highest BCUT2D eigenvalue weighted by Crippen LogP contribution is 2.12. The number of carboxylic acids is 1. The lowest BCUT2D eigenvalue weighted by molar-refractivity contribution is 0.0693. The Morgan fingerprint density at radius 1 is 1.47 bits per heavy atom. The van der Waals surface area contributed by atoms with Gasteiger partial charge in [0, 0.05) is 6.20 Å². The Morgan fingerprint density at radius 3 is 2.74 bits per heavy atom.